The number of carbonyl (C=O) groups is 1. The number of nitrogens with zero attached hydrogens (tertiary/aromatic N) is 2. The predicted octanol–water partition coefficient (Wildman–Crippen LogP) is 2.77. The van der Waals surface area contributed by atoms with E-state index in [9.17, 15) is 4.79 Å². The van der Waals surface area contributed by atoms with E-state index in [0.717, 1.165) is 19.4 Å². The summed E-state index contributed by atoms with van der Waals surface area (Å²) >= 11 is 0. The summed E-state index contributed by atoms with van der Waals surface area (Å²) in [5.41, 5.74) is 6.65. The fourth-order valence-corrected chi connectivity index (χ4v) is 2.83. The van der Waals surface area contributed by atoms with Crippen molar-refractivity contribution in [3.8, 4) is 0 Å². The molecule has 0 unspecified atom stereocenters. The first-order chi connectivity index (χ1) is 9.49. The fourth-order valence-electron chi connectivity index (χ4n) is 2.83. The Hall–Kier alpha value is -1.78. The maximum atomic E-state index is 11.1. The molecule has 1 heterocycles. The molecule has 1 aliphatic carbocycles. The lowest BCUT2D eigenvalue weighted by Gasteiger charge is -2.32. The van der Waals surface area contributed by atoms with Crippen molar-refractivity contribution < 1.29 is 9.90 Å². The second-order valence-electron chi connectivity index (χ2n) is 5.90. The highest BCUT2D eigenvalue weighted by Gasteiger charge is 2.26. The Morgan fingerprint density at radius 1 is 1.45 bits per heavy atom. The Morgan fingerprint density at radius 2 is 2.10 bits per heavy atom. The van der Waals surface area contributed by atoms with Gasteiger partial charge in [0, 0.05) is 12.6 Å². The van der Waals surface area contributed by atoms with E-state index in [1.807, 2.05) is 0 Å². The molecule has 5 heteroatoms. The molecule has 0 amide bonds. The third kappa shape index (κ3) is 3.21. The highest BCUT2D eigenvalue weighted by Crippen LogP contribution is 2.31. The summed E-state index contributed by atoms with van der Waals surface area (Å²) in [5, 5.41) is 9.11. The second kappa shape index (κ2) is 6.11. The van der Waals surface area contributed by atoms with E-state index >= 15 is 0 Å². The maximum absolute atomic E-state index is 11.1. The van der Waals surface area contributed by atoms with Gasteiger partial charge in [-0.25, -0.2) is 9.78 Å². The monoisotopic (exact) mass is 277 g/mol. The Bertz CT molecular complexity index is 482. The molecular formula is C15H23N3O2. The SMILES string of the molecule is CC(C)CN(c1nc(C(=O)O)ccc1N)C1CCCC1. The Kier molecular flexibility index (Phi) is 4.47. The summed E-state index contributed by atoms with van der Waals surface area (Å²) in [5.74, 6) is 0.0953. The van der Waals surface area contributed by atoms with Crippen LogP contribution in [0, 0.1) is 5.92 Å². The van der Waals surface area contributed by atoms with Crippen molar-refractivity contribution in [2.75, 3.05) is 17.2 Å². The molecule has 5 nitrogen and oxygen atoms in total. The van der Waals surface area contributed by atoms with Gasteiger partial charge in [0.25, 0.3) is 0 Å². The van der Waals surface area contributed by atoms with Gasteiger partial charge < -0.3 is 15.7 Å². The number of anilines is 2. The van der Waals surface area contributed by atoms with Crippen LogP contribution in [0.3, 0.4) is 0 Å². The molecule has 1 aromatic heterocycles. The summed E-state index contributed by atoms with van der Waals surface area (Å²) in [6.45, 7) is 5.16. The summed E-state index contributed by atoms with van der Waals surface area (Å²) < 4.78 is 0. The quantitative estimate of drug-likeness (QED) is 0.865. The van der Waals surface area contributed by atoms with Gasteiger partial charge in [-0.05, 0) is 30.9 Å². The number of hydrogen-bond donors (Lipinski definition) is 2. The lowest BCUT2D eigenvalue weighted by atomic mass is 10.1. The molecule has 2 rings (SSSR count). The number of carboxylic acid groups (broad SMARTS) is 1. The molecule has 0 aromatic carbocycles. The molecule has 1 aromatic rings. The lowest BCUT2D eigenvalue weighted by Crippen LogP contribution is -2.37. The molecule has 0 aliphatic heterocycles. The van der Waals surface area contributed by atoms with Gasteiger partial charge in [0.2, 0.25) is 0 Å². The first-order valence-corrected chi connectivity index (χ1v) is 7.25. The number of aromatic carboxylic acids is 1. The molecule has 1 aliphatic rings. The van der Waals surface area contributed by atoms with E-state index < -0.39 is 5.97 Å². The molecular weight excluding hydrogens is 254 g/mol. The van der Waals surface area contributed by atoms with Gasteiger partial charge in [0.05, 0.1) is 5.69 Å². The van der Waals surface area contributed by atoms with Gasteiger partial charge in [-0.15, -0.1) is 0 Å². The average molecular weight is 277 g/mol. The van der Waals surface area contributed by atoms with Gasteiger partial charge in [0.15, 0.2) is 11.5 Å². The van der Waals surface area contributed by atoms with Crippen molar-refractivity contribution in [1.82, 2.24) is 4.98 Å². The number of hydrogen-bond acceptors (Lipinski definition) is 4. The van der Waals surface area contributed by atoms with Crippen LogP contribution in [0.1, 0.15) is 50.0 Å². The van der Waals surface area contributed by atoms with Gasteiger partial charge >= 0.3 is 5.97 Å². The summed E-state index contributed by atoms with van der Waals surface area (Å²) in [6, 6.07) is 3.54. The van der Waals surface area contributed by atoms with Crippen LogP contribution in [0.4, 0.5) is 11.5 Å². The molecule has 20 heavy (non-hydrogen) atoms. The number of nitrogen functional groups attached to an aromatic ring is 1. The second-order valence-corrected chi connectivity index (χ2v) is 5.90. The molecule has 1 saturated carbocycles. The number of carboxylic acids is 1. The zero-order valence-corrected chi connectivity index (χ0v) is 12.2. The Balaban J connectivity index is 2.36. The first-order valence-electron chi connectivity index (χ1n) is 7.25. The molecule has 0 radical (unpaired) electrons. The normalized spacial score (nSPS) is 15.8. The van der Waals surface area contributed by atoms with Crippen molar-refractivity contribution in [3.05, 3.63) is 17.8 Å². The van der Waals surface area contributed by atoms with E-state index in [4.69, 9.17) is 10.8 Å². The number of aromatic nitrogens is 1. The zero-order valence-electron chi connectivity index (χ0n) is 12.2. The molecule has 1 fully saturated rings. The van der Waals surface area contributed by atoms with Crippen molar-refractivity contribution in [2.45, 2.75) is 45.6 Å². The van der Waals surface area contributed by atoms with Crippen LogP contribution in [0.5, 0.6) is 0 Å². The molecule has 0 saturated heterocycles. The minimum atomic E-state index is -1.01. The summed E-state index contributed by atoms with van der Waals surface area (Å²) in [4.78, 5) is 17.6. The molecule has 0 bridgehead atoms. The van der Waals surface area contributed by atoms with Crippen LogP contribution in [0.15, 0.2) is 12.1 Å². The molecule has 0 atom stereocenters. The highest BCUT2D eigenvalue weighted by molar-refractivity contribution is 5.87. The minimum absolute atomic E-state index is 0.0564. The van der Waals surface area contributed by atoms with E-state index in [-0.39, 0.29) is 5.69 Å². The van der Waals surface area contributed by atoms with E-state index in [1.54, 1.807) is 6.07 Å². The van der Waals surface area contributed by atoms with Crippen LogP contribution in [0.2, 0.25) is 0 Å². The van der Waals surface area contributed by atoms with Crippen molar-refractivity contribution >= 4 is 17.5 Å². The summed E-state index contributed by atoms with van der Waals surface area (Å²) in [7, 11) is 0. The minimum Gasteiger partial charge on any atom is -0.477 e. The summed E-state index contributed by atoms with van der Waals surface area (Å²) in [6.07, 6.45) is 4.70. The van der Waals surface area contributed by atoms with E-state index in [0.29, 0.717) is 23.5 Å². The number of nitrogens with two attached hydrogens (primary N) is 1. The van der Waals surface area contributed by atoms with Crippen LogP contribution in [-0.2, 0) is 0 Å². The van der Waals surface area contributed by atoms with Crippen molar-refractivity contribution in [2.24, 2.45) is 5.92 Å². The average Bonchev–Trinajstić information content (AvgIpc) is 2.90. The van der Waals surface area contributed by atoms with Gasteiger partial charge in [-0.2, -0.15) is 0 Å². The predicted molar refractivity (Wildman–Crippen MR) is 80.0 cm³/mol. The largest absolute Gasteiger partial charge is 0.477 e. The number of pyridine rings is 1. The first kappa shape index (κ1) is 14.6. The smallest absolute Gasteiger partial charge is 0.354 e. The third-order valence-corrected chi connectivity index (χ3v) is 3.72. The van der Waals surface area contributed by atoms with Crippen LogP contribution in [0.25, 0.3) is 0 Å². The molecule has 110 valence electrons. The maximum Gasteiger partial charge on any atom is 0.354 e. The van der Waals surface area contributed by atoms with Crippen molar-refractivity contribution in [1.29, 1.82) is 0 Å². The van der Waals surface area contributed by atoms with Crippen LogP contribution < -0.4 is 10.6 Å². The lowest BCUT2D eigenvalue weighted by molar-refractivity contribution is 0.0690. The van der Waals surface area contributed by atoms with E-state index in [2.05, 4.69) is 23.7 Å². The topological polar surface area (TPSA) is 79.5 Å². The van der Waals surface area contributed by atoms with Gasteiger partial charge in [-0.3, -0.25) is 0 Å². The van der Waals surface area contributed by atoms with Crippen LogP contribution in [-0.4, -0.2) is 28.6 Å². The fraction of sp³-hybridized carbons (Fsp3) is 0.600. The highest BCUT2D eigenvalue weighted by atomic mass is 16.4. The Morgan fingerprint density at radius 3 is 2.65 bits per heavy atom. The van der Waals surface area contributed by atoms with Crippen molar-refractivity contribution in [3.63, 3.8) is 0 Å². The molecule has 0 spiro atoms. The zero-order chi connectivity index (χ0) is 14.7. The number of rotatable bonds is 5. The molecule has 3 N–H and O–H groups in total. The Labute approximate surface area is 119 Å². The van der Waals surface area contributed by atoms with Gasteiger partial charge in [-0.1, -0.05) is 26.7 Å². The van der Waals surface area contributed by atoms with Gasteiger partial charge in [0.1, 0.15) is 0 Å². The van der Waals surface area contributed by atoms with E-state index in [1.165, 1.54) is 18.9 Å². The third-order valence-electron chi connectivity index (χ3n) is 3.72. The standard InChI is InChI=1S/C15H23N3O2/c1-10(2)9-18(11-5-3-4-6-11)14-12(16)7-8-13(17-14)15(19)20/h7-8,10-11H,3-6,9,16H2,1-2H3,(H,19,20). The van der Waals surface area contributed by atoms with Crippen LogP contribution >= 0.6 is 0 Å².